The second kappa shape index (κ2) is 7.42. The molecule has 8 nitrogen and oxygen atoms in total. The Balaban J connectivity index is 1.92. The van der Waals surface area contributed by atoms with E-state index in [4.69, 9.17) is 14.2 Å². The first-order valence-corrected chi connectivity index (χ1v) is 8.37. The number of nitrogens with one attached hydrogen (secondary N) is 2. The first-order chi connectivity index (χ1) is 12.1. The lowest BCUT2D eigenvalue weighted by atomic mass is 10.1. The van der Waals surface area contributed by atoms with Crippen molar-refractivity contribution in [2.75, 3.05) is 19.8 Å². The van der Waals surface area contributed by atoms with Gasteiger partial charge in [0.25, 0.3) is 0 Å². The number of esters is 2. The monoisotopic (exact) mass is 347 g/mol. The molecule has 1 aliphatic carbocycles. The smallest absolute Gasteiger partial charge is 0.341 e. The van der Waals surface area contributed by atoms with E-state index in [1.54, 1.807) is 19.9 Å². The molecule has 0 saturated heterocycles. The third-order valence-electron chi connectivity index (χ3n) is 3.73. The summed E-state index contributed by atoms with van der Waals surface area (Å²) >= 11 is 0. The number of carbonyl (C=O) groups excluding carboxylic acids is 2. The molecule has 0 spiro atoms. The van der Waals surface area contributed by atoms with Crippen LogP contribution >= 0.6 is 0 Å². The summed E-state index contributed by atoms with van der Waals surface area (Å²) in [6.45, 7) is 4.33. The number of hydrogen-bond donors (Lipinski definition) is 2. The Morgan fingerprint density at radius 3 is 2.64 bits per heavy atom. The van der Waals surface area contributed by atoms with Gasteiger partial charge in [0.15, 0.2) is 0 Å². The molecule has 8 heteroatoms. The van der Waals surface area contributed by atoms with E-state index in [1.165, 1.54) is 6.20 Å². The van der Waals surface area contributed by atoms with Crippen LogP contribution in [0.15, 0.2) is 16.9 Å². The number of H-pyrrole nitrogens is 1. The molecule has 2 aliphatic rings. The minimum atomic E-state index is -0.578. The number of hydrazone groups is 1. The molecular formula is C17H21N3O5. The van der Waals surface area contributed by atoms with Crippen molar-refractivity contribution >= 4 is 23.9 Å². The zero-order valence-electron chi connectivity index (χ0n) is 14.3. The average molecular weight is 347 g/mol. The van der Waals surface area contributed by atoms with Crippen LogP contribution in [0.4, 0.5) is 0 Å². The van der Waals surface area contributed by atoms with Gasteiger partial charge in [-0.1, -0.05) is 0 Å². The van der Waals surface area contributed by atoms with E-state index in [9.17, 15) is 9.59 Å². The molecule has 1 saturated carbocycles. The average Bonchev–Trinajstić information content (AvgIpc) is 3.13. The lowest BCUT2D eigenvalue weighted by Gasteiger charge is -2.07. The molecular weight excluding hydrogens is 326 g/mol. The van der Waals surface area contributed by atoms with Crippen molar-refractivity contribution < 1.29 is 23.8 Å². The SMILES string of the molecule is CCOC(=O)c1c[nH]c(C=C2CNN=C2OC2CC2)c1C(=O)OCC. The van der Waals surface area contributed by atoms with Gasteiger partial charge in [-0.3, -0.25) is 0 Å². The topological polar surface area (TPSA) is 102 Å². The van der Waals surface area contributed by atoms with Crippen LogP contribution in [0.1, 0.15) is 53.1 Å². The Morgan fingerprint density at radius 2 is 1.96 bits per heavy atom. The maximum Gasteiger partial charge on any atom is 0.341 e. The van der Waals surface area contributed by atoms with Crippen LogP contribution in [0, 0.1) is 0 Å². The number of carbonyl (C=O) groups is 2. The maximum atomic E-state index is 12.3. The summed E-state index contributed by atoms with van der Waals surface area (Å²) in [5.41, 5.74) is 4.45. The Kier molecular flexibility index (Phi) is 5.06. The Hall–Kier alpha value is -2.77. The van der Waals surface area contributed by atoms with E-state index < -0.39 is 11.9 Å². The van der Waals surface area contributed by atoms with Crippen molar-refractivity contribution in [2.45, 2.75) is 32.8 Å². The molecule has 1 aliphatic heterocycles. The van der Waals surface area contributed by atoms with E-state index in [0.717, 1.165) is 18.4 Å². The van der Waals surface area contributed by atoms with Gasteiger partial charge in [0.05, 0.1) is 36.6 Å². The summed E-state index contributed by atoms with van der Waals surface area (Å²) in [5, 5.41) is 4.13. The normalized spacial score (nSPS) is 17.8. The predicted molar refractivity (Wildman–Crippen MR) is 90.2 cm³/mol. The van der Waals surface area contributed by atoms with E-state index in [0.29, 0.717) is 18.1 Å². The summed E-state index contributed by atoms with van der Waals surface area (Å²) in [6.07, 6.45) is 5.46. The molecule has 1 fully saturated rings. The number of hydrogen-bond acceptors (Lipinski definition) is 7. The number of rotatable bonds is 6. The molecule has 25 heavy (non-hydrogen) atoms. The van der Waals surface area contributed by atoms with Gasteiger partial charge in [-0.15, -0.1) is 5.10 Å². The van der Waals surface area contributed by atoms with E-state index in [1.807, 2.05) is 0 Å². The quantitative estimate of drug-likeness (QED) is 0.762. The van der Waals surface area contributed by atoms with Crippen molar-refractivity contribution in [2.24, 2.45) is 5.10 Å². The number of nitrogens with zero attached hydrogens (tertiary/aromatic N) is 1. The molecule has 0 bridgehead atoms. The van der Waals surface area contributed by atoms with Crippen molar-refractivity contribution in [1.29, 1.82) is 0 Å². The van der Waals surface area contributed by atoms with Gasteiger partial charge < -0.3 is 24.6 Å². The zero-order chi connectivity index (χ0) is 17.8. The standard InChI is InChI=1S/C17H21N3O5/c1-3-23-16(21)12-9-18-13(14(12)17(22)24-4-2)7-10-8-19-20-15(10)25-11-5-6-11/h7,9,11,18-19H,3-6,8H2,1-2H3. The highest BCUT2D eigenvalue weighted by Gasteiger charge is 2.29. The van der Waals surface area contributed by atoms with Gasteiger partial charge in [0.1, 0.15) is 6.10 Å². The fourth-order valence-electron chi connectivity index (χ4n) is 2.42. The van der Waals surface area contributed by atoms with Crippen molar-refractivity contribution in [3.8, 4) is 0 Å². The first-order valence-electron chi connectivity index (χ1n) is 8.37. The highest BCUT2D eigenvalue weighted by atomic mass is 16.5. The first kappa shape index (κ1) is 17.1. The van der Waals surface area contributed by atoms with Crippen LogP contribution in [0.5, 0.6) is 0 Å². The van der Waals surface area contributed by atoms with Gasteiger partial charge in [0.2, 0.25) is 5.90 Å². The van der Waals surface area contributed by atoms with Gasteiger partial charge in [0, 0.05) is 11.8 Å². The summed E-state index contributed by atoms with van der Waals surface area (Å²) in [7, 11) is 0. The summed E-state index contributed by atoms with van der Waals surface area (Å²) < 4.78 is 15.8. The maximum absolute atomic E-state index is 12.3. The molecule has 3 rings (SSSR count). The minimum Gasteiger partial charge on any atom is -0.473 e. The predicted octanol–water partition coefficient (Wildman–Crippen LogP) is 1.85. The summed E-state index contributed by atoms with van der Waals surface area (Å²) in [4.78, 5) is 27.4. The lowest BCUT2D eigenvalue weighted by molar-refractivity contribution is 0.0480. The molecule has 0 unspecified atom stereocenters. The molecule has 2 heterocycles. The Bertz CT molecular complexity index is 731. The van der Waals surface area contributed by atoms with Crippen LogP contribution < -0.4 is 5.43 Å². The second-order valence-electron chi connectivity index (χ2n) is 5.67. The van der Waals surface area contributed by atoms with E-state index >= 15 is 0 Å². The van der Waals surface area contributed by atoms with Crippen molar-refractivity contribution in [3.05, 3.63) is 28.6 Å². The van der Waals surface area contributed by atoms with Gasteiger partial charge >= 0.3 is 11.9 Å². The molecule has 0 aromatic carbocycles. The lowest BCUT2D eigenvalue weighted by Crippen LogP contribution is -2.13. The fraction of sp³-hybridized carbons (Fsp3) is 0.471. The van der Waals surface area contributed by atoms with Crippen LogP contribution in [-0.4, -0.2) is 48.7 Å². The van der Waals surface area contributed by atoms with Crippen LogP contribution in [-0.2, 0) is 14.2 Å². The largest absolute Gasteiger partial charge is 0.473 e. The Labute approximate surface area is 145 Å². The van der Waals surface area contributed by atoms with Crippen LogP contribution in [0.2, 0.25) is 0 Å². The van der Waals surface area contributed by atoms with Crippen molar-refractivity contribution in [1.82, 2.24) is 10.4 Å². The summed E-state index contributed by atoms with van der Waals surface area (Å²) in [5.74, 6) is -0.630. The number of ether oxygens (including phenoxy) is 3. The molecule has 1 aromatic heterocycles. The number of aromatic amines is 1. The van der Waals surface area contributed by atoms with Gasteiger partial charge in [-0.2, -0.15) is 0 Å². The molecule has 0 amide bonds. The fourth-order valence-corrected chi connectivity index (χ4v) is 2.42. The van der Waals surface area contributed by atoms with Gasteiger partial charge in [-0.25, -0.2) is 9.59 Å². The molecule has 0 atom stereocenters. The van der Waals surface area contributed by atoms with Crippen molar-refractivity contribution in [3.63, 3.8) is 0 Å². The number of aromatic nitrogens is 1. The van der Waals surface area contributed by atoms with Gasteiger partial charge in [-0.05, 0) is 32.8 Å². The summed E-state index contributed by atoms with van der Waals surface area (Å²) in [6, 6.07) is 0. The molecule has 2 N–H and O–H groups in total. The zero-order valence-corrected chi connectivity index (χ0v) is 14.3. The third kappa shape index (κ3) is 3.84. The molecule has 1 aromatic rings. The third-order valence-corrected chi connectivity index (χ3v) is 3.73. The molecule has 0 radical (unpaired) electrons. The van der Waals surface area contributed by atoms with Crippen LogP contribution in [0.3, 0.4) is 0 Å². The van der Waals surface area contributed by atoms with E-state index in [2.05, 4.69) is 15.5 Å². The molecule has 134 valence electrons. The van der Waals surface area contributed by atoms with Crippen LogP contribution in [0.25, 0.3) is 6.08 Å². The Morgan fingerprint density at radius 1 is 1.24 bits per heavy atom. The highest BCUT2D eigenvalue weighted by Crippen LogP contribution is 2.27. The van der Waals surface area contributed by atoms with E-state index in [-0.39, 0.29) is 30.4 Å². The second-order valence-corrected chi connectivity index (χ2v) is 5.67. The highest BCUT2D eigenvalue weighted by molar-refractivity contribution is 6.07. The minimum absolute atomic E-state index is 0.153.